The van der Waals surface area contributed by atoms with E-state index in [0.717, 1.165) is 68.1 Å². The fourth-order valence-corrected chi connectivity index (χ4v) is 13.0. The molecule has 0 bridgehead atoms. The average molecular weight is 819 g/mol. The van der Waals surface area contributed by atoms with Gasteiger partial charge in [0.25, 0.3) is 0 Å². The van der Waals surface area contributed by atoms with Gasteiger partial charge in [-0.1, -0.05) is 54.4 Å². The van der Waals surface area contributed by atoms with E-state index in [1.54, 1.807) is 0 Å². The number of carbonyl (C=O) groups is 5. The molecule has 0 aromatic carbocycles. The minimum absolute atomic E-state index is 0.164. The maximum Gasteiger partial charge on any atom is 0.303 e. The SMILES string of the molecule is CC[C@H](CC[C@@H](C)[C@H]1CC[C@H]2[C@@H]3CC[C@H]4C[C@@H](O[C@H]5OC(COC(C)=O)(COC(C)=O)[C@H](OC(C)=O)[C@H](OC(C)=O)[C@H]5OC(C)=O)CC[C@]4(C)[C@H]3CC[C@]12C)C(C)C. The van der Waals surface area contributed by atoms with E-state index in [-0.39, 0.29) is 11.5 Å². The van der Waals surface area contributed by atoms with E-state index in [2.05, 4.69) is 41.5 Å². The predicted octanol–water partition coefficient (Wildman–Crippen LogP) is 8.15. The van der Waals surface area contributed by atoms with E-state index in [9.17, 15) is 24.0 Å². The molecule has 5 rings (SSSR count). The van der Waals surface area contributed by atoms with E-state index in [1.807, 2.05) is 0 Å². The summed E-state index contributed by atoms with van der Waals surface area (Å²) in [6.07, 6.45) is 8.05. The lowest BCUT2D eigenvalue weighted by Crippen LogP contribution is -2.71. The van der Waals surface area contributed by atoms with Crippen LogP contribution in [0.4, 0.5) is 0 Å². The van der Waals surface area contributed by atoms with Crippen LogP contribution in [0, 0.1) is 58.2 Å². The van der Waals surface area contributed by atoms with E-state index >= 15 is 0 Å². The van der Waals surface area contributed by atoms with Crippen LogP contribution in [0.2, 0.25) is 0 Å². The minimum Gasteiger partial charge on any atom is -0.462 e. The Kier molecular flexibility index (Phi) is 15.1. The van der Waals surface area contributed by atoms with Gasteiger partial charge in [0, 0.05) is 34.6 Å². The Balaban J connectivity index is 1.36. The number of hydrogen-bond donors (Lipinski definition) is 0. The van der Waals surface area contributed by atoms with Gasteiger partial charge in [-0.2, -0.15) is 0 Å². The van der Waals surface area contributed by atoms with Gasteiger partial charge in [0.15, 0.2) is 30.2 Å². The van der Waals surface area contributed by atoms with Crippen LogP contribution in [0.5, 0.6) is 0 Å². The largest absolute Gasteiger partial charge is 0.462 e. The highest BCUT2D eigenvalue weighted by Gasteiger charge is 2.64. The van der Waals surface area contributed by atoms with E-state index in [1.165, 1.54) is 79.1 Å². The normalized spacial score (nSPS) is 37.6. The highest BCUT2D eigenvalue weighted by atomic mass is 16.8. The van der Waals surface area contributed by atoms with Crippen molar-refractivity contribution in [3.8, 4) is 0 Å². The molecule has 5 aliphatic rings. The Labute approximate surface area is 347 Å². The van der Waals surface area contributed by atoms with Gasteiger partial charge in [0.1, 0.15) is 13.2 Å². The molecule has 0 radical (unpaired) electrons. The van der Waals surface area contributed by atoms with Gasteiger partial charge in [0.05, 0.1) is 6.10 Å². The summed E-state index contributed by atoms with van der Waals surface area (Å²) >= 11 is 0. The first-order chi connectivity index (χ1) is 27.2. The molecule has 1 aliphatic heterocycles. The molecular formula is C46H74O12. The summed E-state index contributed by atoms with van der Waals surface area (Å²) in [5.74, 6) is 2.10. The fourth-order valence-electron chi connectivity index (χ4n) is 13.0. The third-order valence-corrected chi connectivity index (χ3v) is 15.9. The molecule has 58 heavy (non-hydrogen) atoms. The Bertz CT molecular complexity index is 1460. The Hall–Kier alpha value is -2.73. The Morgan fingerprint density at radius 1 is 0.672 bits per heavy atom. The average Bonchev–Trinajstić information content (AvgIpc) is 3.49. The fraction of sp³-hybridized carbons (Fsp3) is 0.891. The second-order valence-electron chi connectivity index (χ2n) is 19.7. The van der Waals surface area contributed by atoms with Crippen molar-refractivity contribution < 1.29 is 57.1 Å². The monoisotopic (exact) mass is 819 g/mol. The molecule has 0 unspecified atom stereocenters. The van der Waals surface area contributed by atoms with Crippen LogP contribution in [0.3, 0.4) is 0 Å². The van der Waals surface area contributed by atoms with Crippen LogP contribution in [0.25, 0.3) is 0 Å². The summed E-state index contributed by atoms with van der Waals surface area (Å²) in [7, 11) is 0. The van der Waals surface area contributed by atoms with Crippen LogP contribution in [-0.2, 0) is 57.1 Å². The van der Waals surface area contributed by atoms with Gasteiger partial charge in [0.2, 0.25) is 0 Å². The van der Waals surface area contributed by atoms with Gasteiger partial charge >= 0.3 is 29.8 Å². The number of fused-ring (bicyclic) bond motifs is 5. The zero-order chi connectivity index (χ0) is 42.7. The molecule has 0 N–H and O–H groups in total. The van der Waals surface area contributed by atoms with Crippen molar-refractivity contribution in [1.82, 2.24) is 0 Å². The third-order valence-electron chi connectivity index (χ3n) is 15.9. The number of ether oxygens (including phenoxy) is 7. The zero-order valence-electron chi connectivity index (χ0n) is 37.3. The highest BCUT2D eigenvalue weighted by molar-refractivity contribution is 5.69. The zero-order valence-corrected chi connectivity index (χ0v) is 37.3. The first kappa shape index (κ1) is 46.3. The summed E-state index contributed by atoms with van der Waals surface area (Å²) in [5.41, 5.74) is -1.30. The van der Waals surface area contributed by atoms with Crippen molar-refractivity contribution in [3.63, 3.8) is 0 Å². The molecular weight excluding hydrogens is 744 g/mol. The Morgan fingerprint density at radius 3 is 1.83 bits per heavy atom. The molecule has 12 nitrogen and oxygen atoms in total. The van der Waals surface area contributed by atoms with Gasteiger partial charge in [-0.05, 0) is 122 Å². The quantitative estimate of drug-likeness (QED) is 0.0892. The predicted molar refractivity (Wildman–Crippen MR) is 215 cm³/mol. The van der Waals surface area contributed by atoms with Crippen LogP contribution in [-0.4, -0.2) is 79.4 Å². The first-order valence-corrected chi connectivity index (χ1v) is 22.4. The van der Waals surface area contributed by atoms with Crippen molar-refractivity contribution in [2.75, 3.05) is 13.2 Å². The van der Waals surface area contributed by atoms with Crippen LogP contribution >= 0.6 is 0 Å². The van der Waals surface area contributed by atoms with Crippen molar-refractivity contribution in [3.05, 3.63) is 0 Å². The molecule has 0 spiro atoms. The first-order valence-electron chi connectivity index (χ1n) is 22.4. The minimum atomic E-state index is -1.87. The number of hydrogen-bond acceptors (Lipinski definition) is 12. The summed E-state index contributed by atoms with van der Waals surface area (Å²) < 4.78 is 41.4. The topological polar surface area (TPSA) is 150 Å². The van der Waals surface area contributed by atoms with Crippen LogP contribution < -0.4 is 0 Å². The van der Waals surface area contributed by atoms with Gasteiger partial charge in [-0.25, -0.2) is 0 Å². The van der Waals surface area contributed by atoms with Crippen LogP contribution in [0.1, 0.15) is 153 Å². The Morgan fingerprint density at radius 2 is 1.26 bits per heavy atom. The van der Waals surface area contributed by atoms with Gasteiger partial charge < -0.3 is 33.2 Å². The van der Waals surface area contributed by atoms with E-state index in [4.69, 9.17) is 33.2 Å². The molecule has 1 heterocycles. The summed E-state index contributed by atoms with van der Waals surface area (Å²) in [6, 6.07) is 0. The molecule has 0 aromatic rings. The molecule has 12 heteroatoms. The van der Waals surface area contributed by atoms with Crippen molar-refractivity contribution in [2.45, 2.75) is 190 Å². The highest BCUT2D eigenvalue weighted by Crippen LogP contribution is 2.68. The van der Waals surface area contributed by atoms with Crippen molar-refractivity contribution in [1.29, 1.82) is 0 Å². The molecule has 5 fully saturated rings. The number of rotatable bonds is 15. The molecule has 14 atom stereocenters. The summed E-state index contributed by atoms with van der Waals surface area (Å²) in [5, 5.41) is 0. The third kappa shape index (κ3) is 9.90. The van der Waals surface area contributed by atoms with Crippen molar-refractivity contribution in [2.24, 2.45) is 58.2 Å². The molecule has 4 saturated carbocycles. The standard InChI is InChI=1S/C46H74O12/c1-12-33(26(2)3)14-13-27(4)37-17-18-38-36-16-15-34-23-35(19-21-44(34,10)39(36)20-22-45(37,38)11)57-43-41(55-31(8)50)40(54-30(7)49)42(56-32(9)51)46(58-43,24-52-28(5)47)25-53-29(6)48/h26-27,33-43H,12-25H2,1-11H3/t27-,33-,34+,35+,36+,37-,38+,39+,40-,41-,42-,43+,44+,45-/m1/s1. The van der Waals surface area contributed by atoms with Gasteiger partial charge in [-0.15, -0.1) is 0 Å². The molecule has 4 aliphatic carbocycles. The second kappa shape index (κ2) is 18.9. The lowest BCUT2D eigenvalue weighted by molar-refractivity contribution is -0.357. The van der Waals surface area contributed by atoms with Gasteiger partial charge in [-0.3, -0.25) is 24.0 Å². The summed E-state index contributed by atoms with van der Waals surface area (Å²) in [4.78, 5) is 62.0. The second-order valence-corrected chi connectivity index (χ2v) is 19.7. The van der Waals surface area contributed by atoms with E-state index < -0.39 is 73.3 Å². The van der Waals surface area contributed by atoms with E-state index in [0.29, 0.717) is 17.3 Å². The molecule has 1 saturated heterocycles. The lowest BCUT2D eigenvalue weighted by atomic mass is 9.44. The molecule has 330 valence electrons. The lowest BCUT2D eigenvalue weighted by Gasteiger charge is -2.61. The molecule has 0 amide bonds. The maximum absolute atomic E-state index is 12.6. The maximum atomic E-state index is 12.6. The smallest absolute Gasteiger partial charge is 0.303 e. The number of carbonyl (C=O) groups excluding carboxylic acids is 5. The van der Waals surface area contributed by atoms with Crippen molar-refractivity contribution >= 4 is 29.8 Å². The summed E-state index contributed by atoms with van der Waals surface area (Å²) in [6.45, 7) is 19.7. The van der Waals surface area contributed by atoms with Crippen LogP contribution in [0.15, 0.2) is 0 Å². The molecule has 0 aromatic heterocycles. The number of esters is 5.